The van der Waals surface area contributed by atoms with Crippen LogP contribution in [0.4, 0.5) is 0 Å². The number of rotatable bonds is 3. The van der Waals surface area contributed by atoms with Crippen molar-refractivity contribution in [1.82, 2.24) is 14.9 Å². The minimum atomic E-state index is -3.44. The van der Waals surface area contributed by atoms with Gasteiger partial charge in [-0.25, -0.2) is 13.1 Å². The molecule has 2 N–H and O–H groups in total. The molecule has 1 saturated carbocycles. The minimum absolute atomic E-state index is 0.0101. The van der Waals surface area contributed by atoms with Gasteiger partial charge in [0.2, 0.25) is 10.0 Å². The lowest BCUT2D eigenvalue weighted by Crippen LogP contribution is -2.29. The highest BCUT2D eigenvalue weighted by Crippen LogP contribution is 2.62. The second kappa shape index (κ2) is 3.07. The Morgan fingerprint density at radius 3 is 2.25 bits per heavy atom. The maximum atomic E-state index is 11.9. The SMILES string of the molecule is CC1(C)C(NS(=O)(=O)c2cn[nH]c2)C1(C)C. The summed E-state index contributed by atoms with van der Waals surface area (Å²) in [5.41, 5.74) is -0.0202. The van der Waals surface area contributed by atoms with E-state index in [1.807, 2.05) is 0 Å². The smallest absolute Gasteiger partial charge is 0.243 e. The van der Waals surface area contributed by atoms with Gasteiger partial charge in [0, 0.05) is 12.2 Å². The molecule has 6 heteroatoms. The molecule has 1 aromatic heterocycles. The van der Waals surface area contributed by atoms with Gasteiger partial charge in [-0.15, -0.1) is 0 Å². The second-order valence-electron chi connectivity index (χ2n) is 5.43. The van der Waals surface area contributed by atoms with Gasteiger partial charge in [-0.05, 0) is 10.8 Å². The average molecular weight is 243 g/mol. The summed E-state index contributed by atoms with van der Waals surface area (Å²) in [5, 5.41) is 6.15. The molecule has 90 valence electrons. The molecule has 0 spiro atoms. The van der Waals surface area contributed by atoms with Gasteiger partial charge in [0.25, 0.3) is 0 Å². The molecule has 1 aliphatic rings. The van der Waals surface area contributed by atoms with Gasteiger partial charge in [-0.1, -0.05) is 27.7 Å². The fraction of sp³-hybridized carbons (Fsp3) is 0.700. The Balaban J connectivity index is 2.20. The zero-order valence-corrected chi connectivity index (χ0v) is 10.7. The summed E-state index contributed by atoms with van der Waals surface area (Å²) in [4.78, 5) is 0.186. The van der Waals surface area contributed by atoms with E-state index in [2.05, 4.69) is 42.6 Å². The van der Waals surface area contributed by atoms with Crippen molar-refractivity contribution >= 4 is 10.0 Å². The van der Waals surface area contributed by atoms with Gasteiger partial charge in [0.1, 0.15) is 4.90 Å². The van der Waals surface area contributed by atoms with Crippen molar-refractivity contribution in [2.75, 3.05) is 0 Å². The Labute approximate surface area is 95.7 Å². The Morgan fingerprint density at radius 1 is 1.31 bits per heavy atom. The van der Waals surface area contributed by atoms with Crippen molar-refractivity contribution in [1.29, 1.82) is 0 Å². The summed E-state index contributed by atoms with van der Waals surface area (Å²) in [6.45, 7) is 8.26. The van der Waals surface area contributed by atoms with Gasteiger partial charge in [0.05, 0.1) is 6.20 Å². The zero-order valence-electron chi connectivity index (χ0n) is 9.90. The summed E-state index contributed by atoms with van der Waals surface area (Å²) in [7, 11) is -3.44. The Kier molecular flexibility index (Phi) is 2.23. The third-order valence-corrected chi connectivity index (χ3v) is 5.47. The molecule has 0 atom stereocenters. The van der Waals surface area contributed by atoms with E-state index in [0.29, 0.717) is 0 Å². The Hall–Kier alpha value is -0.880. The van der Waals surface area contributed by atoms with Crippen molar-refractivity contribution in [2.24, 2.45) is 10.8 Å². The Morgan fingerprint density at radius 2 is 1.88 bits per heavy atom. The molecule has 0 unspecified atom stereocenters. The van der Waals surface area contributed by atoms with Crippen molar-refractivity contribution in [2.45, 2.75) is 38.6 Å². The number of sulfonamides is 1. The Bertz CT molecular complexity index is 474. The quantitative estimate of drug-likeness (QED) is 0.835. The van der Waals surface area contributed by atoms with Crippen molar-refractivity contribution in [3.05, 3.63) is 12.4 Å². The molecule has 2 rings (SSSR count). The van der Waals surface area contributed by atoms with Crippen LogP contribution >= 0.6 is 0 Å². The van der Waals surface area contributed by atoms with Crippen LogP contribution in [0, 0.1) is 10.8 Å². The standard InChI is InChI=1S/C10H17N3O2S/c1-9(2)8(10(9,3)4)13-16(14,15)7-5-11-12-6-7/h5-6,8,13H,1-4H3,(H,11,12). The highest BCUT2D eigenvalue weighted by molar-refractivity contribution is 7.89. The molecule has 16 heavy (non-hydrogen) atoms. The molecule has 1 fully saturated rings. The largest absolute Gasteiger partial charge is 0.284 e. The molecule has 1 aromatic rings. The van der Waals surface area contributed by atoms with Crippen LogP contribution in [0.5, 0.6) is 0 Å². The third-order valence-electron chi connectivity index (χ3n) is 4.08. The first-order chi connectivity index (χ1) is 7.19. The number of aromatic amines is 1. The van der Waals surface area contributed by atoms with Gasteiger partial charge in [-0.3, -0.25) is 5.10 Å². The fourth-order valence-electron chi connectivity index (χ4n) is 2.10. The predicted octanol–water partition coefficient (Wildman–Crippen LogP) is 1.12. The molecule has 5 nitrogen and oxygen atoms in total. The molecule has 1 aliphatic carbocycles. The van der Waals surface area contributed by atoms with E-state index < -0.39 is 10.0 Å². The number of nitrogens with zero attached hydrogens (tertiary/aromatic N) is 1. The van der Waals surface area contributed by atoms with Crippen LogP contribution in [0.1, 0.15) is 27.7 Å². The summed E-state index contributed by atoms with van der Waals surface area (Å²) in [6.07, 6.45) is 2.69. The van der Waals surface area contributed by atoms with E-state index in [1.54, 1.807) is 0 Å². The normalized spacial score (nSPS) is 23.2. The van der Waals surface area contributed by atoms with Crippen LogP contribution in [-0.2, 0) is 10.0 Å². The number of nitrogens with one attached hydrogen (secondary N) is 2. The minimum Gasteiger partial charge on any atom is -0.284 e. The first-order valence-electron chi connectivity index (χ1n) is 5.21. The second-order valence-corrected chi connectivity index (χ2v) is 7.15. The molecule has 0 radical (unpaired) electrons. The topological polar surface area (TPSA) is 74.8 Å². The molecule has 1 heterocycles. The summed E-state index contributed by atoms with van der Waals surface area (Å²) < 4.78 is 26.6. The van der Waals surface area contributed by atoms with Gasteiger partial charge < -0.3 is 0 Å². The van der Waals surface area contributed by atoms with Crippen LogP contribution in [0.3, 0.4) is 0 Å². The van der Waals surface area contributed by atoms with Crippen molar-refractivity contribution in [3.63, 3.8) is 0 Å². The first kappa shape index (κ1) is 11.6. The number of H-pyrrole nitrogens is 1. The maximum absolute atomic E-state index is 11.9. The van der Waals surface area contributed by atoms with Gasteiger partial charge >= 0.3 is 0 Å². The predicted molar refractivity (Wildman–Crippen MR) is 60.3 cm³/mol. The average Bonchev–Trinajstić information content (AvgIpc) is 2.66. The van der Waals surface area contributed by atoms with E-state index in [9.17, 15) is 8.42 Å². The van der Waals surface area contributed by atoms with Crippen LogP contribution in [0.2, 0.25) is 0 Å². The third kappa shape index (κ3) is 1.48. The lowest BCUT2D eigenvalue weighted by atomic mass is 10.0. The van der Waals surface area contributed by atoms with E-state index in [-0.39, 0.29) is 21.8 Å². The number of hydrogen-bond acceptors (Lipinski definition) is 3. The molecular formula is C10H17N3O2S. The number of aromatic nitrogens is 2. The molecule has 0 amide bonds. The lowest BCUT2D eigenvalue weighted by Gasteiger charge is -2.05. The molecule has 0 bridgehead atoms. The van der Waals surface area contributed by atoms with Crippen LogP contribution in [-0.4, -0.2) is 24.7 Å². The van der Waals surface area contributed by atoms with Gasteiger partial charge in [-0.2, -0.15) is 5.10 Å². The van der Waals surface area contributed by atoms with E-state index in [0.717, 1.165) is 0 Å². The van der Waals surface area contributed by atoms with E-state index >= 15 is 0 Å². The van der Waals surface area contributed by atoms with Crippen LogP contribution in [0.25, 0.3) is 0 Å². The van der Waals surface area contributed by atoms with Crippen molar-refractivity contribution in [3.8, 4) is 0 Å². The van der Waals surface area contributed by atoms with Crippen molar-refractivity contribution < 1.29 is 8.42 Å². The van der Waals surface area contributed by atoms with Crippen LogP contribution < -0.4 is 4.72 Å². The van der Waals surface area contributed by atoms with Gasteiger partial charge in [0.15, 0.2) is 0 Å². The highest BCUT2D eigenvalue weighted by Gasteiger charge is 2.66. The number of hydrogen-bond donors (Lipinski definition) is 2. The molecular weight excluding hydrogens is 226 g/mol. The van der Waals surface area contributed by atoms with E-state index in [1.165, 1.54) is 12.4 Å². The zero-order chi connectivity index (χ0) is 12.2. The summed E-state index contributed by atoms with van der Waals surface area (Å²) in [6, 6.07) is -0.0279. The monoisotopic (exact) mass is 243 g/mol. The maximum Gasteiger partial charge on any atom is 0.243 e. The molecule has 0 aromatic carbocycles. The summed E-state index contributed by atoms with van der Waals surface area (Å²) in [5.74, 6) is 0. The highest BCUT2D eigenvalue weighted by atomic mass is 32.2. The van der Waals surface area contributed by atoms with Crippen LogP contribution in [0.15, 0.2) is 17.3 Å². The lowest BCUT2D eigenvalue weighted by molar-refractivity contribution is 0.457. The summed E-state index contributed by atoms with van der Waals surface area (Å²) >= 11 is 0. The molecule has 0 aliphatic heterocycles. The van der Waals surface area contributed by atoms with E-state index in [4.69, 9.17) is 0 Å². The first-order valence-corrected chi connectivity index (χ1v) is 6.69. The fourth-order valence-corrected chi connectivity index (χ4v) is 3.54. The molecule has 0 saturated heterocycles.